The third-order valence-corrected chi connectivity index (χ3v) is 7.39. The number of likely N-dealkylation sites (N-methyl/N-ethyl adjacent to an activating group) is 1. The Morgan fingerprint density at radius 2 is 1.94 bits per heavy atom. The summed E-state index contributed by atoms with van der Waals surface area (Å²) >= 11 is 3.54. The highest BCUT2D eigenvalue weighted by molar-refractivity contribution is 9.10. The van der Waals surface area contributed by atoms with Crippen LogP contribution in [0.2, 0.25) is 0 Å². The summed E-state index contributed by atoms with van der Waals surface area (Å²) in [5, 5.41) is 3.44. The number of pyridine rings is 1. The molecule has 0 spiro atoms. The number of methoxy groups -OCH3 is 1. The molecule has 2 aromatic carbocycles. The highest BCUT2D eigenvalue weighted by atomic mass is 79.9. The Balaban J connectivity index is 1.39. The molecule has 3 N–H and O–H groups in total. The molecule has 0 aliphatic carbocycles. The molecule has 3 heterocycles. The van der Waals surface area contributed by atoms with Gasteiger partial charge in [0.1, 0.15) is 17.1 Å². The molecule has 0 atom stereocenters. The lowest BCUT2D eigenvalue weighted by molar-refractivity contribution is 0.313. The lowest BCUT2D eigenvalue weighted by atomic mass is 10.1. The number of aromatic amines is 2. The van der Waals surface area contributed by atoms with Crippen molar-refractivity contribution in [3.8, 4) is 17.1 Å². The van der Waals surface area contributed by atoms with Crippen molar-refractivity contribution in [2.24, 2.45) is 0 Å². The van der Waals surface area contributed by atoms with Crippen LogP contribution in [0, 0.1) is 6.92 Å². The lowest BCUT2D eigenvalue weighted by Crippen LogP contribution is -2.44. The second kappa shape index (κ2) is 10.4. The van der Waals surface area contributed by atoms with Crippen LogP contribution in [-0.4, -0.2) is 66.7 Å². The number of hydrogen-bond acceptors (Lipinski definition) is 6. The minimum Gasteiger partial charge on any atom is -0.496 e. The summed E-state index contributed by atoms with van der Waals surface area (Å²) in [5.74, 6) is 1.37. The number of aromatic nitrogens is 3. The molecule has 0 bridgehead atoms. The smallest absolute Gasteiger partial charge is 0.261 e. The number of nitrogens with zero attached hydrogens (tertiary/aromatic N) is 3. The van der Waals surface area contributed by atoms with Crippen LogP contribution in [0.15, 0.2) is 51.9 Å². The Hall–Kier alpha value is -3.30. The SMILES string of the molecule is COc1ccc(CCNc2cc[nH]c(=O)c2-c2nc3c(C)cc(N4CCN(C)CC4)cc3[nH]2)cc1Br. The maximum absolute atomic E-state index is 12.9. The van der Waals surface area contributed by atoms with Crippen LogP contribution < -0.4 is 20.5 Å². The topological polar surface area (TPSA) is 89.3 Å². The van der Waals surface area contributed by atoms with E-state index in [4.69, 9.17) is 9.72 Å². The fourth-order valence-electron chi connectivity index (χ4n) is 4.70. The Morgan fingerprint density at radius 3 is 2.69 bits per heavy atom. The van der Waals surface area contributed by atoms with Gasteiger partial charge in [0.15, 0.2) is 0 Å². The van der Waals surface area contributed by atoms with E-state index in [2.05, 4.69) is 73.2 Å². The fraction of sp³-hybridized carbons (Fsp3) is 0.333. The summed E-state index contributed by atoms with van der Waals surface area (Å²) in [7, 11) is 3.81. The van der Waals surface area contributed by atoms with Gasteiger partial charge in [-0.3, -0.25) is 4.79 Å². The van der Waals surface area contributed by atoms with Gasteiger partial charge in [0.2, 0.25) is 0 Å². The number of nitrogens with one attached hydrogen (secondary N) is 3. The first-order chi connectivity index (χ1) is 17.4. The van der Waals surface area contributed by atoms with Gasteiger partial charge in [-0.2, -0.15) is 0 Å². The highest BCUT2D eigenvalue weighted by Crippen LogP contribution is 2.30. The maximum Gasteiger partial charge on any atom is 0.261 e. The summed E-state index contributed by atoms with van der Waals surface area (Å²) in [6.07, 6.45) is 2.46. The summed E-state index contributed by atoms with van der Waals surface area (Å²) in [4.78, 5) is 28.7. The molecule has 1 fully saturated rings. The number of halogens is 1. The van der Waals surface area contributed by atoms with Crippen LogP contribution in [0.3, 0.4) is 0 Å². The van der Waals surface area contributed by atoms with E-state index in [1.54, 1.807) is 13.3 Å². The molecule has 36 heavy (non-hydrogen) atoms. The average Bonchev–Trinajstić information content (AvgIpc) is 3.29. The molecule has 1 saturated heterocycles. The molecule has 4 aromatic rings. The van der Waals surface area contributed by atoms with Crippen molar-refractivity contribution in [3.05, 3.63) is 68.5 Å². The van der Waals surface area contributed by atoms with Crippen molar-refractivity contribution in [2.75, 3.05) is 57.1 Å². The Bertz CT molecular complexity index is 1440. The van der Waals surface area contributed by atoms with E-state index in [1.807, 2.05) is 18.2 Å². The number of aryl methyl sites for hydroxylation is 1. The number of anilines is 2. The number of fused-ring (bicyclic) bond motifs is 1. The molecular weight excluding hydrogens is 520 g/mol. The molecule has 5 rings (SSSR count). The number of ether oxygens (including phenoxy) is 1. The van der Waals surface area contributed by atoms with Crippen LogP contribution in [-0.2, 0) is 6.42 Å². The second-order valence-corrected chi connectivity index (χ2v) is 10.1. The largest absolute Gasteiger partial charge is 0.496 e. The molecule has 0 radical (unpaired) electrons. The molecule has 1 aliphatic heterocycles. The Labute approximate surface area is 218 Å². The van der Waals surface area contributed by atoms with Crippen molar-refractivity contribution in [1.29, 1.82) is 0 Å². The highest BCUT2D eigenvalue weighted by Gasteiger charge is 2.19. The predicted octanol–water partition coefficient (Wildman–Crippen LogP) is 4.40. The van der Waals surface area contributed by atoms with Crippen LogP contribution >= 0.6 is 15.9 Å². The van der Waals surface area contributed by atoms with Crippen LogP contribution in [0.5, 0.6) is 5.75 Å². The lowest BCUT2D eigenvalue weighted by Gasteiger charge is -2.34. The normalized spacial score (nSPS) is 14.4. The Morgan fingerprint density at radius 1 is 1.14 bits per heavy atom. The van der Waals surface area contributed by atoms with Crippen molar-refractivity contribution in [3.63, 3.8) is 0 Å². The van der Waals surface area contributed by atoms with Gasteiger partial charge in [-0.05, 0) is 77.8 Å². The van der Waals surface area contributed by atoms with Gasteiger partial charge in [-0.25, -0.2) is 4.98 Å². The molecule has 0 saturated carbocycles. The van der Waals surface area contributed by atoms with E-state index in [-0.39, 0.29) is 5.56 Å². The minimum absolute atomic E-state index is 0.178. The summed E-state index contributed by atoms with van der Waals surface area (Å²) in [6.45, 7) is 6.84. The van der Waals surface area contributed by atoms with E-state index in [1.165, 1.54) is 5.69 Å². The molecule has 8 nitrogen and oxygen atoms in total. The third-order valence-electron chi connectivity index (χ3n) is 6.77. The van der Waals surface area contributed by atoms with Gasteiger partial charge in [0.05, 0.1) is 28.3 Å². The van der Waals surface area contributed by atoms with E-state index in [9.17, 15) is 4.79 Å². The third kappa shape index (κ3) is 4.99. The molecule has 2 aromatic heterocycles. The molecule has 0 unspecified atom stereocenters. The monoisotopic (exact) mass is 550 g/mol. The quantitative estimate of drug-likeness (QED) is 0.316. The van der Waals surface area contributed by atoms with Gasteiger partial charge in [0, 0.05) is 44.6 Å². The van der Waals surface area contributed by atoms with E-state index in [0.717, 1.165) is 70.7 Å². The number of benzene rings is 2. The number of rotatable bonds is 7. The van der Waals surface area contributed by atoms with Gasteiger partial charge in [-0.1, -0.05) is 6.07 Å². The maximum atomic E-state index is 12.9. The summed E-state index contributed by atoms with van der Waals surface area (Å²) in [6, 6.07) is 12.3. The van der Waals surface area contributed by atoms with E-state index < -0.39 is 0 Å². The van der Waals surface area contributed by atoms with E-state index in [0.29, 0.717) is 17.9 Å². The molecule has 9 heteroatoms. The Kier molecular flexibility index (Phi) is 7.02. The average molecular weight is 551 g/mol. The number of hydrogen-bond donors (Lipinski definition) is 3. The van der Waals surface area contributed by atoms with Gasteiger partial charge in [0.25, 0.3) is 5.56 Å². The van der Waals surface area contributed by atoms with Gasteiger partial charge >= 0.3 is 0 Å². The van der Waals surface area contributed by atoms with Gasteiger partial charge in [-0.15, -0.1) is 0 Å². The summed E-state index contributed by atoms with van der Waals surface area (Å²) < 4.78 is 6.24. The standard InChI is InChI=1S/C27H31BrN6O2/c1-17-14-19(34-12-10-33(2)11-13-34)16-22-25(17)32-26(31-22)24-21(7-9-30-27(24)35)29-8-6-18-4-5-23(36-3)20(28)15-18/h4-5,7,9,14-16H,6,8,10-13H2,1-3H3,(H,31,32)(H2,29,30,35). The number of piperazine rings is 1. The van der Waals surface area contributed by atoms with Crippen molar-refractivity contribution in [2.45, 2.75) is 13.3 Å². The molecule has 1 aliphatic rings. The number of imidazole rings is 1. The van der Waals surface area contributed by atoms with Crippen LogP contribution in [0.4, 0.5) is 11.4 Å². The second-order valence-electron chi connectivity index (χ2n) is 9.28. The molecule has 0 amide bonds. The molecular formula is C27H31BrN6O2. The first-order valence-corrected chi connectivity index (χ1v) is 12.9. The van der Waals surface area contributed by atoms with Crippen molar-refractivity contribution < 1.29 is 4.74 Å². The number of H-pyrrole nitrogens is 2. The predicted molar refractivity (Wildman–Crippen MR) is 149 cm³/mol. The van der Waals surface area contributed by atoms with Crippen molar-refractivity contribution in [1.82, 2.24) is 19.9 Å². The van der Waals surface area contributed by atoms with Gasteiger partial charge < -0.3 is 29.8 Å². The van der Waals surface area contributed by atoms with Crippen LogP contribution in [0.25, 0.3) is 22.4 Å². The van der Waals surface area contributed by atoms with E-state index >= 15 is 0 Å². The first-order valence-electron chi connectivity index (χ1n) is 12.1. The summed E-state index contributed by atoms with van der Waals surface area (Å²) in [5.41, 5.74) is 6.37. The van der Waals surface area contributed by atoms with Crippen molar-refractivity contribution >= 4 is 38.3 Å². The van der Waals surface area contributed by atoms with Crippen LogP contribution in [0.1, 0.15) is 11.1 Å². The molecule has 188 valence electrons. The zero-order chi connectivity index (χ0) is 25.2. The zero-order valence-corrected chi connectivity index (χ0v) is 22.4. The fourth-order valence-corrected chi connectivity index (χ4v) is 5.29. The zero-order valence-electron chi connectivity index (χ0n) is 20.8. The minimum atomic E-state index is -0.178. The first kappa shape index (κ1) is 24.4.